The van der Waals surface area contributed by atoms with Crippen LogP contribution in [0.1, 0.15) is 89.9 Å². The molecule has 0 aliphatic carbocycles. The number of aliphatic hydroxyl groups is 1. The molecule has 2 fully saturated rings. The Morgan fingerprint density at radius 2 is 1.62 bits per heavy atom. The number of benzene rings is 2. The number of anilines is 2. The fourth-order valence-corrected chi connectivity index (χ4v) is 8.80. The van der Waals surface area contributed by atoms with Crippen molar-refractivity contribution in [2.24, 2.45) is 5.41 Å². The van der Waals surface area contributed by atoms with Gasteiger partial charge in [-0.15, -0.1) is 21.5 Å². The second-order valence-electron chi connectivity index (χ2n) is 17.2. The smallest absolute Gasteiger partial charge is 0.246 e. The summed E-state index contributed by atoms with van der Waals surface area (Å²) >= 11 is 1.58. The van der Waals surface area contributed by atoms with E-state index in [9.17, 15) is 29.4 Å². The first-order valence-electron chi connectivity index (χ1n) is 21.1. The second kappa shape index (κ2) is 19.8. The SMILES string of the molecule is Cc1ncsc1-c1ccc([C@H](C)NC(=O)[C@@H]2C[C@H](O)CN2C(=O)[C@@H](NC(=O)CCCCCCC(=O)N2CCN(c3cc(-c4ccccc4O)nnc3N)CC2)C(C)(C)C)cc1. The number of hydrogen-bond donors (Lipinski definition) is 5. The van der Waals surface area contributed by atoms with Crippen molar-refractivity contribution >= 4 is 46.5 Å². The van der Waals surface area contributed by atoms with Gasteiger partial charge >= 0.3 is 0 Å². The number of phenolic OH excluding ortho intramolecular Hbond substituents is 1. The third kappa shape index (κ3) is 11.2. The van der Waals surface area contributed by atoms with Gasteiger partial charge in [0.2, 0.25) is 23.6 Å². The van der Waals surface area contributed by atoms with Gasteiger partial charge in [0.1, 0.15) is 17.8 Å². The molecule has 0 radical (unpaired) electrons. The minimum Gasteiger partial charge on any atom is -0.507 e. The van der Waals surface area contributed by atoms with E-state index in [0.29, 0.717) is 62.5 Å². The van der Waals surface area contributed by atoms with E-state index < -0.39 is 29.5 Å². The Morgan fingerprint density at radius 1 is 0.934 bits per heavy atom. The minimum atomic E-state index is -0.899. The van der Waals surface area contributed by atoms with Crippen LogP contribution in [-0.4, -0.2) is 110 Å². The Hall–Kier alpha value is -5.61. The van der Waals surface area contributed by atoms with Gasteiger partial charge in [0, 0.05) is 57.5 Å². The average molecular weight is 854 g/mol. The zero-order valence-electron chi connectivity index (χ0n) is 35.8. The quantitative estimate of drug-likeness (QED) is 0.0980. The van der Waals surface area contributed by atoms with E-state index in [0.717, 1.165) is 40.2 Å². The number of carbonyl (C=O) groups is 4. The highest BCUT2D eigenvalue weighted by molar-refractivity contribution is 7.13. The topological polar surface area (TPSA) is 207 Å². The van der Waals surface area contributed by atoms with Gasteiger partial charge in [0.25, 0.3) is 0 Å². The molecule has 0 spiro atoms. The lowest BCUT2D eigenvalue weighted by molar-refractivity contribution is -0.144. The summed E-state index contributed by atoms with van der Waals surface area (Å²) in [5.41, 5.74) is 12.1. The zero-order valence-corrected chi connectivity index (χ0v) is 36.6. The number of carbonyl (C=O) groups excluding carboxylic acids is 4. The predicted octanol–water partition coefficient (Wildman–Crippen LogP) is 5.22. The molecule has 0 bridgehead atoms. The highest BCUT2D eigenvalue weighted by atomic mass is 32.1. The van der Waals surface area contributed by atoms with Crippen LogP contribution in [-0.2, 0) is 19.2 Å². The summed E-state index contributed by atoms with van der Waals surface area (Å²) in [6.45, 7) is 11.7. The summed E-state index contributed by atoms with van der Waals surface area (Å²) in [5, 5.41) is 35.2. The van der Waals surface area contributed by atoms with E-state index in [-0.39, 0.29) is 48.9 Å². The van der Waals surface area contributed by atoms with Crippen LogP contribution in [0.4, 0.5) is 11.5 Å². The monoisotopic (exact) mass is 853 g/mol. The molecule has 4 amide bonds. The summed E-state index contributed by atoms with van der Waals surface area (Å²) < 4.78 is 0. The van der Waals surface area contributed by atoms with E-state index in [1.54, 1.807) is 29.5 Å². The van der Waals surface area contributed by atoms with Crippen molar-refractivity contribution in [2.75, 3.05) is 43.4 Å². The van der Waals surface area contributed by atoms with Gasteiger partial charge in [-0.1, -0.05) is 70.0 Å². The number of nitrogens with two attached hydrogens (primary N) is 1. The predicted molar refractivity (Wildman–Crippen MR) is 236 cm³/mol. The summed E-state index contributed by atoms with van der Waals surface area (Å²) in [7, 11) is 0. The van der Waals surface area contributed by atoms with Crippen LogP contribution >= 0.6 is 11.3 Å². The lowest BCUT2D eigenvalue weighted by atomic mass is 9.85. The number of aromatic hydroxyl groups is 1. The molecule has 16 heteroatoms. The molecule has 61 heavy (non-hydrogen) atoms. The van der Waals surface area contributed by atoms with Crippen LogP contribution in [0.2, 0.25) is 0 Å². The number of nitrogen functional groups attached to an aromatic ring is 1. The van der Waals surface area contributed by atoms with Crippen LogP contribution in [0.15, 0.2) is 60.1 Å². The van der Waals surface area contributed by atoms with Crippen molar-refractivity contribution < 1.29 is 29.4 Å². The molecular formula is C45H59N9O6S. The number of nitrogens with one attached hydrogen (secondary N) is 2. The van der Waals surface area contributed by atoms with Crippen molar-refractivity contribution in [3.63, 3.8) is 0 Å². The maximum absolute atomic E-state index is 14.1. The van der Waals surface area contributed by atoms with E-state index in [2.05, 4.69) is 30.7 Å². The lowest BCUT2D eigenvalue weighted by Crippen LogP contribution is -2.57. The van der Waals surface area contributed by atoms with Gasteiger partial charge in [-0.05, 0) is 61.4 Å². The van der Waals surface area contributed by atoms with E-state index in [1.165, 1.54) is 4.90 Å². The molecule has 4 heterocycles. The first-order valence-corrected chi connectivity index (χ1v) is 22.0. The number of piperazine rings is 1. The zero-order chi connectivity index (χ0) is 43.8. The fourth-order valence-electron chi connectivity index (χ4n) is 7.99. The minimum absolute atomic E-state index is 0.00359. The van der Waals surface area contributed by atoms with Gasteiger partial charge in [-0.3, -0.25) is 19.2 Å². The summed E-state index contributed by atoms with van der Waals surface area (Å²) in [4.78, 5) is 64.8. The molecule has 326 valence electrons. The number of rotatable bonds is 15. The molecule has 0 unspecified atom stereocenters. The lowest BCUT2D eigenvalue weighted by Gasteiger charge is -2.36. The van der Waals surface area contributed by atoms with Gasteiger partial charge < -0.3 is 41.3 Å². The summed E-state index contributed by atoms with van der Waals surface area (Å²) in [6, 6.07) is 14.6. The van der Waals surface area contributed by atoms with Crippen molar-refractivity contribution in [1.82, 2.24) is 35.6 Å². The van der Waals surface area contributed by atoms with Gasteiger partial charge in [-0.2, -0.15) is 0 Å². The number of nitrogens with zero attached hydrogens (tertiary/aromatic N) is 6. The molecule has 6 rings (SSSR count). The largest absolute Gasteiger partial charge is 0.507 e. The Morgan fingerprint density at radius 3 is 2.28 bits per heavy atom. The maximum atomic E-state index is 14.1. The molecule has 0 saturated carbocycles. The summed E-state index contributed by atoms with van der Waals surface area (Å²) in [5.74, 6) is -0.522. The molecular weight excluding hydrogens is 795 g/mol. The van der Waals surface area contributed by atoms with Crippen LogP contribution in [0.3, 0.4) is 0 Å². The van der Waals surface area contributed by atoms with Gasteiger partial charge in [0.15, 0.2) is 5.82 Å². The van der Waals surface area contributed by atoms with Gasteiger partial charge in [0.05, 0.1) is 39.6 Å². The van der Waals surface area contributed by atoms with Crippen molar-refractivity contribution in [1.29, 1.82) is 0 Å². The molecule has 2 saturated heterocycles. The van der Waals surface area contributed by atoms with Gasteiger partial charge in [-0.25, -0.2) is 4.98 Å². The van der Waals surface area contributed by atoms with Crippen molar-refractivity contribution in [3.05, 3.63) is 71.4 Å². The number of aryl methyl sites for hydroxylation is 1. The molecule has 2 aliphatic heterocycles. The van der Waals surface area contributed by atoms with E-state index in [4.69, 9.17) is 5.73 Å². The number of amides is 4. The molecule has 6 N–H and O–H groups in total. The summed E-state index contributed by atoms with van der Waals surface area (Å²) in [6.07, 6.45) is 2.72. The number of para-hydroxylation sites is 1. The van der Waals surface area contributed by atoms with E-state index in [1.807, 2.05) is 81.4 Å². The van der Waals surface area contributed by atoms with Crippen LogP contribution in [0.5, 0.6) is 5.75 Å². The third-order valence-corrected chi connectivity index (χ3v) is 12.5. The number of aliphatic hydroxyl groups excluding tert-OH is 1. The Balaban J connectivity index is 0.922. The molecule has 2 aromatic carbocycles. The number of hydrogen-bond acceptors (Lipinski definition) is 12. The Labute approximate surface area is 361 Å². The first-order chi connectivity index (χ1) is 29.1. The molecule has 4 aromatic rings. The maximum Gasteiger partial charge on any atom is 0.246 e. The van der Waals surface area contributed by atoms with Crippen molar-refractivity contribution in [2.45, 2.75) is 104 Å². The number of unbranched alkanes of at least 4 members (excludes halogenated alkanes) is 3. The van der Waals surface area contributed by atoms with E-state index >= 15 is 0 Å². The Kier molecular flexibility index (Phi) is 14.6. The van der Waals surface area contributed by atoms with Crippen LogP contribution < -0.4 is 21.3 Å². The number of phenols is 1. The highest BCUT2D eigenvalue weighted by Crippen LogP contribution is 2.33. The second-order valence-corrected chi connectivity index (χ2v) is 18.0. The standard InChI is InChI=1S/C45H59N9O6S/c1-28(30-16-18-31(19-17-30)40-29(2)47-27-61-40)48-43(59)36-24-32(55)26-54(36)44(60)41(45(3,4)5)49-38(57)14-8-6-7-9-15-39(58)53-22-20-52(21-23-53)35-25-34(50-51-42(35)46)33-12-10-11-13-37(33)56/h10-13,16-19,25,27-28,32,36,41,55-56H,6-9,14-15,20-24,26H2,1-5H3,(H2,46,51)(H,48,59)(H,49,57)/t28-,32-,36-,41+/m0/s1. The van der Waals surface area contributed by atoms with Crippen LogP contribution in [0.25, 0.3) is 21.7 Å². The third-order valence-electron chi connectivity index (χ3n) is 11.6. The van der Waals surface area contributed by atoms with Crippen LogP contribution in [0, 0.1) is 12.3 Å². The molecule has 15 nitrogen and oxygen atoms in total. The normalized spacial score (nSPS) is 17.8. The number of thiazole rings is 1. The molecule has 2 aromatic heterocycles. The fraction of sp³-hybridized carbons (Fsp3) is 0.489. The number of aromatic nitrogens is 3. The highest BCUT2D eigenvalue weighted by Gasteiger charge is 2.44. The molecule has 4 atom stereocenters. The van der Waals surface area contributed by atoms with Crippen molar-refractivity contribution in [3.8, 4) is 27.4 Å². The number of β-amino-alcohol motifs (C(OH)–C–C–N with tert-alkyl or cyclic N) is 1. The first kappa shape index (κ1) is 44.9. The Bertz CT molecular complexity index is 2170. The number of likely N-dealkylation sites (tertiary alicyclic amines) is 1. The average Bonchev–Trinajstić information content (AvgIpc) is 3.86. The molecule has 2 aliphatic rings.